The lowest BCUT2D eigenvalue weighted by Gasteiger charge is -2.10. The first kappa shape index (κ1) is 21.6. The Morgan fingerprint density at radius 2 is 1.57 bits per heavy atom. The number of nitrogens with zero attached hydrogens (tertiary/aromatic N) is 3. The van der Waals surface area contributed by atoms with E-state index >= 15 is 0 Å². The molecule has 158 valence electrons. The SMILES string of the molecule is CN(C)CCCOc1ccc(-c2nnc(C=CCCCOc3ccccc3)o2)cc1. The molecular weight excluding hydrogens is 378 g/mol. The molecule has 0 radical (unpaired) electrons. The van der Waals surface area contributed by atoms with Crippen molar-refractivity contribution in [2.24, 2.45) is 0 Å². The molecule has 0 unspecified atom stereocenters. The molecule has 0 N–H and O–H groups in total. The Balaban J connectivity index is 1.40. The molecule has 0 aliphatic carbocycles. The Kier molecular flexibility index (Phi) is 8.47. The highest BCUT2D eigenvalue weighted by atomic mass is 16.5. The summed E-state index contributed by atoms with van der Waals surface area (Å²) in [6.45, 7) is 2.38. The van der Waals surface area contributed by atoms with Crippen LogP contribution in [0.25, 0.3) is 17.5 Å². The van der Waals surface area contributed by atoms with E-state index in [-0.39, 0.29) is 0 Å². The molecule has 0 atom stereocenters. The number of benzene rings is 2. The smallest absolute Gasteiger partial charge is 0.248 e. The van der Waals surface area contributed by atoms with E-state index in [1.54, 1.807) is 0 Å². The third-order valence-electron chi connectivity index (χ3n) is 4.35. The summed E-state index contributed by atoms with van der Waals surface area (Å²) in [7, 11) is 4.12. The van der Waals surface area contributed by atoms with Crippen LogP contribution < -0.4 is 9.47 Å². The van der Waals surface area contributed by atoms with Gasteiger partial charge in [-0.1, -0.05) is 24.3 Å². The van der Waals surface area contributed by atoms with Crippen LogP contribution in [0.3, 0.4) is 0 Å². The van der Waals surface area contributed by atoms with Gasteiger partial charge in [0.05, 0.1) is 13.2 Å². The van der Waals surface area contributed by atoms with Crippen LogP contribution in [0, 0.1) is 0 Å². The van der Waals surface area contributed by atoms with Crippen molar-refractivity contribution in [2.45, 2.75) is 19.3 Å². The van der Waals surface area contributed by atoms with Crippen LogP contribution in [0.4, 0.5) is 0 Å². The van der Waals surface area contributed by atoms with Crippen molar-refractivity contribution in [3.63, 3.8) is 0 Å². The van der Waals surface area contributed by atoms with Crippen molar-refractivity contribution in [1.82, 2.24) is 15.1 Å². The number of rotatable bonds is 12. The maximum Gasteiger partial charge on any atom is 0.248 e. The van der Waals surface area contributed by atoms with Crippen LogP contribution in [-0.4, -0.2) is 49.0 Å². The Hall–Kier alpha value is -3.12. The zero-order valence-electron chi connectivity index (χ0n) is 17.7. The zero-order valence-corrected chi connectivity index (χ0v) is 17.7. The fourth-order valence-corrected chi connectivity index (χ4v) is 2.78. The molecular formula is C24H29N3O3. The molecule has 0 saturated carbocycles. The highest BCUT2D eigenvalue weighted by Gasteiger charge is 2.07. The van der Waals surface area contributed by atoms with E-state index in [4.69, 9.17) is 13.9 Å². The van der Waals surface area contributed by atoms with Crippen molar-refractivity contribution in [2.75, 3.05) is 33.9 Å². The zero-order chi connectivity index (χ0) is 21.0. The van der Waals surface area contributed by atoms with Gasteiger partial charge in [-0.3, -0.25) is 0 Å². The predicted molar refractivity (Wildman–Crippen MR) is 119 cm³/mol. The van der Waals surface area contributed by atoms with Crippen LogP contribution in [-0.2, 0) is 0 Å². The summed E-state index contributed by atoms with van der Waals surface area (Å²) >= 11 is 0. The quantitative estimate of drug-likeness (QED) is 0.396. The van der Waals surface area contributed by atoms with Gasteiger partial charge >= 0.3 is 0 Å². The van der Waals surface area contributed by atoms with E-state index in [9.17, 15) is 0 Å². The first-order chi connectivity index (χ1) is 14.7. The average Bonchev–Trinajstić information content (AvgIpc) is 3.24. The molecule has 0 aliphatic heterocycles. The van der Waals surface area contributed by atoms with E-state index in [1.165, 1.54) is 0 Å². The summed E-state index contributed by atoms with van der Waals surface area (Å²) in [6.07, 6.45) is 6.66. The second kappa shape index (κ2) is 11.8. The van der Waals surface area contributed by atoms with Gasteiger partial charge in [0.1, 0.15) is 11.5 Å². The lowest BCUT2D eigenvalue weighted by atomic mass is 10.2. The molecule has 0 aliphatic rings. The number of hydrogen-bond donors (Lipinski definition) is 0. The first-order valence-corrected chi connectivity index (χ1v) is 10.3. The highest BCUT2D eigenvalue weighted by Crippen LogP contribution is 2.22. The van der Waals surface area contributed by atoms with Crippen LogP contribution >= 0.6 is 0 Å². The average molecular weight is 408 g/mol. The van der Waals surface area contributed by atoms with Gasteiger partial charge in [-0.15, -0.1) is 10.2 Å². The third kappa shape index (κ3) is 7.37. The molecule has 0 fully saturated rings. The second-order valence-electron chi connectivity index (χ2n) is 7.18. The van der Waals surface area contributed by atoms with E-state index in [0.29, 0.717) is 25.0 Å². The standard InChI is InChI=1S/C24H29N3O3/c1-27(2)17-9-19-29-22-15-13-20(14-16-22)24-26-25-23(30-24)12-7-4-8-18-28-21-10-5-3-6-11-21/h3,5-7,10-16H,4,8-9,17-19H2,1-2H3. The van der Waals surface area contributed by atoms with E-state index in [0.717, 1.165) is 42.9 Å². The van der Waals surface area contributed by atoms with Gasteiger partial charge in [0.15, 0.2) is 0 Å². The van der Waals surface area contributed by atoms with Crippen LogP contribution in [0.1, 0.15) is 25.2 Å². The van der Waals surface area contributed by atoms with E-state index in [1.807, 2.05) is 66.7 Å². The molecule has 3 rings (SSSR count). The fourth-order valence-electron chi connectivity index (χ4n) is 2.78. The molecule has 0 saturated heterocycles. The number of aromatic nitrogens is 2. The highest BCUT2D eigenvalue weighted by molar-refractivity contribution is 5.55. The van der Waals surface area contributed by atoms with Gasteiger partial charge in [-0.2, -0.15) is 0 Å². The van der Waals surface area contributed by atoms with Crippen molar-refractivity contribution in [3.05, 3.63) is 66.6 Å². The minimum atomic E-state index is 0.498. The predicted octanol–water partition coefficient (Wildman–Crippen LogP) is 4.94. The number of hydrogen-bond acceptors (Lipinski definition) is 6. The van der Waals surface area contributed by atoms with Crippen LogP contribution in [0.15, 0.2) is 65.1 Å². The molecule has 6 nitrogen and oxygen atoms in total. The van der Waals surface area contributed by atoms with Gasteiger partial charge in [0.2, 0.25) is 11.8 Å². The molecule has 0 bridgehead atoms. The number of unbranched alkanes of at least 4 members (excludes halogenated alkanes) is 1. The molecule has 30 heavy (non-hydrogen) atoms. The van der Waals surface area contributed by atoms with Crippen molar-refractivity contribution in [1.29, 1.82) is 0 Å². The van der Waals surface area contributed by atoms with Crippen molar-refractivity contribution in [3.8, 4) is 23.0 Å². The van der Waals surface area contributed by atoms with E-state index < -0.39 is 0 Å². The topological polar surface area (TPSA) is 60.6 Å². The van der Waals surface area contributed by atoms with Crippen LogP contribution in [0.5, 0.6) is 11.5 Å². The minimum Gasteiger partial charge on any atom is -0.494 e. The first-order valence-electron chi connectivity index (χ1n) is 10.3. The van der Waals surface area contributed by atoms with Gasteiger partial charge in [-0.05, 0) is 75.8 Å². The Labute approximate surface area is 178 Å². The van der Waals surface area contributed by atoms with Gasteiger partial charge in [0, 0.05) is 12.1 Å². The summed E-state index contributed by atoms with van der Waals surface area (Å²) < 4.78 is 17.1. The summed E-state index contributed by atoms with van der Waals surface area (Å²) in [4.78, 5) is 2.15. The molecule has 3 aromatic rings. The minimum absolute atomic E-state index is 0.498. The molecule has 6 heteroatoms. The monoisotopic (exact) mass is 407 g/mol. The molecule has 0 spiro atoms. The third-order valence-corrected chi connectivity index (χ3v) is 4.35. The van der Waals surface area contributed by atoms with Gasteiger partial charge in [-0.25, -0.2) is 0 Å². The van der Waals surface area contributed by atoms with Crippen molar-refractivity contribution >= 4 is 6.08 Å². The molecule has 0 amide bonds. The fraction of sp³-hybridized carbons (Fsp3) is 0.333. The number of ether oxygens (including phenoxy) is 2. The summed E-state index contributed by atoms with van der Waals surface area (Å²) in [5.74, 6) is 2.74. The Morgan fingerprint density at radius 1 is 0.867 bits per heavy atom. The lowest BCUT2D eigenvalue weighted by Crippen LogP contribution is -2.15. The Morgan fingerprint density at radius 3 is 2.30 bits per heavy atom. The van der Waals surface area contributed by atoms with Crippen molar-refractivity contribution < 1.29 is 13.9 Å². The number of allylic oxidation sites excluding steroid dienone is 1. The molecule has 1 heterocycles. The maximum absolute atomic E-state index is 5.75. The summed E-state index contributed by atoms with van der Waals surface area (Å²) in [5, 5.41) is 8.21. The second-order valence-corrected chi connectivity index (χ2v) is 7.18. The van der Waals surface area contributed by atoms with E-state index in [2.05, 4.69) is 29.2 Å². The maximum atomic E-state index is 5.75. The Bertz CT molecular complexity index is 890. The largest absolute Gasteiger partial charge is 0.494 e. The summed E-state index contributed by atoms with van der Waals surface area (Å²) in [6, 6.07) is 17.6. The summed E-state index contributed by atoms with van der Waals surface area (Å²) in [5.41, 5.74) is 0.874. The molecule has 2 aromatic carbocycles. The molecule has 1 aromatic heterocycles. The van der Waals surface area contributed by atoms with Crippen LogP contribution in [0.2, 0.25) is 0 Å². The number of para-hydroxylation sites is 1. The lowest BCUT2D eigenvalue weighted by molar-refractivity contribution is 0.281. The normalized spacial score (nSPS) is 11.3. The van der Waals surface area contributed by atoms with Gasteiger partial charge in [0.25, 0.3) is 0 Å². The van der Waals surface area contributed by atoms with Gasteiger partial charge < -0.3 is 18.8 Å².